The van der Waals surface area contributed by atoms with Gasteiger partial charge in [-0.3, -0.25) is 4.79 Å². The number of hydrogen-bond acceptors (Lipinski definition) is 4. The van der Waals surface area contributed by atoms with Crippen LogP contribution in [0.3, 0.4) is 0 Å². The Labute approximate surface area is 138 Å². The molecule has 5 nitrogen and oxygen atoms in total. The first-order valence-corrected chi connectivity index (χ1v) is 8.92. The lowest BCUT2D eigenvalue weighted by Gasteiger charge is -2.19. The minimum absolute atomic E-state index is 0.00635. The lowest BCUT2D eigenvalue weighted by atomic mass is 10.2. The van der Waals surface area contributed by atoms with Gasteiger partial charge < -0.3 is 14.6 Å². The maximum absolute atomic E-state index is 12.3. The number of anilines is 1. The zero-order chi connectivity index (χ0) is 16.0. The average Bonchev–Trinajstić information content (AvgIpc) is 3.27. The number of aromatic nitrogens is 1. The molecule has 120 valence electrons. The summed E-state index contributed by atoms with van der Waals surface area (Å²) in [6.07, 6.45) is 2.39. The van der Waals surface area contributed by atoms with Crippen LogP contribution in [0.4, 0.5) is 5.69 Å². The zero-order valence-electron chi connectivity index (χ0n) is 12.9. The highest BCUT2D eigenvalue weighted by Crippen LogP contribution is 2.40. The summed E-state index contributed by atoms with van der Waals surface area (Å²) in [5, 5.41) is 3.96. The van der Waals surface area contributed by atoms with Crippen LogP contribution in [-0.4, -0.2) is 28.8 Å². The van der Waals surface area contributed by atoms with Crippen LogP contribution in [0.25, 0.3) is 10.9 Å². The molecule has 1 saturated carbocycles. The number of thioether (sulfide) groups is 1. The van der Waals surface area contributed by atoms with Gasteiger partial charge in [0.2, 0.25) is 5.91 Å². The Morgan fingerprint density at radius 2 is 2.26 bits per heavy atom. The number of rotatable bonds is 4. The summed E-state index contributed by atoms with van der Waals surface area (Å²) in [6, 6.07) is 5.91. The summed E-state index contributed by atoms with van der Waals surface area (Å²) < 4.78 is 7.25. The third-order valence-electron chi connectivity index (χ3n) is 4.27. The van der Waals surface area contributed by atoms with Crippen molar-refractivity contribution in [1.82, 2.24) is 4.57 Å². The van der Waals surface area contributed by atoms with Crippen molar-refractivity contribution < 1.29 is 14.3 Å². The molecular weight excluding hydrogens is 312 g/mol. The number of amides is 1. The second-order valence-corrected chi connectivity index (χ2v) is 7.03. The molecule has 23 heavy (non-hydrogen) atoms. The molecular formula is C17H18N2O3S. The monoisotopic (exact) mass is 330 g/mol. The number of nitrogens with zero attached hydrogens (tertiary/aromatic N) is 1. The van der Waals surface area contributed by atoms with Crippen molar-refractivity contribution in [1.29, 1.82) is 0 Å². The van der Waals surface area contributed by atoms with Gasteiger partial charge in [-0.1, -0.05) is 6.07 Å². The van der Waals surface area contributed by atoms with Gasteiger partial charge in [0, 0.05) is 16.8 Å². The van der Waals surface area contributed by atoms with Crippen LogP contribution in [0, 0.1) is 5.92 Å². The van der Waals surface area contributed by atoms with Gasteiger partial charge in [-0.25, -0.2) is 4.79 Å². The summed E-state index contributed by atoms with van der Waals surface area (Å²) in [7, 11) is 0. The molecule has 2 aromatic rings. The van der Waals surface area contributed by atoms with Crippen LogP contribution >= 0.6 is 11.8 Å². The highest BCUT2D eigenvalue weighted by molar-refractivity contribution is 8.00. The Hall–Kier alpha value is -1.95. The van der Waals surface area contributed by atoms with Gasteiger partial charge in [0.05, 0.1) is 23.6 Å². The van der Waals surface area contributed by atoms with Gasteiger partial charge in [0.15, 0.2) is 0 Å². The number of carbonyl (C=O) groups excluding carboxylic acids is 2. The largest absolute Gasteiger partial charge is 0.461 e. The summed E-state index contributed by atoms with van der Waals surface area (Å²) in [4.78, 5) is 25.2. The molecule has 1 amide bonds. The Bertz CT molecular complexity index is 808. The first-order chi connectivity index (χ1) is 11.2. The normalized spacial score (nSPS) is 17.0. The Morgan fingerprint density at radius 1 is 1.43 bits per heavy atom. The van der Waals surface area contributed by atoms with Crippen molar-refractivity contribution in [3.63, 3.8) is 0 Å². The van der Waals surface area contributed by atoms with Gasteiger partial charge in [-0.2, -0.15) is 0 Å². The molecule has 4 rings (SSSR count). The van der Waals surface area contributed by atoms with E-state index in [0.717, 1.165) is 28.0 Å². The minimum Gasteiger partial charge on any atom is -0.461 e. The van der Waals surface area contributed by atoms with Gasteiger partial charge in [-0.05, 0) is 37.8 Å². The van der Waals surface area contributed by atoms with E-state index < -0.39 is 0 Å². The third kappa shape index (κ3) is 2.61. The summed E-state index contributed by atoms with van der Waals surface area (Å²) >= 11 is 1.54. The first kappa shape index (κ1) is 14.6. The fourth-order valence-electron chi connectivity index (χ4n) is 3.02. The summed E-state index contributed by atoms with van der Waals surface area (Å²) in [5.41, 5.74) is 2.35. The van der Waals surface area contributed by atoms with E-state index in [1.807, 2.05) is 29.7 Å². The number of benzene rings is 1. The lowest BCUT2D eigenvalue weighted by Crippen LogP contribution is -2.20. The topological polar surface area (TPSA) is 60.3 Å². The molecule has 2 heterocycles. The van der Waals surface area contributed by atoms with E-state index in [1.54, 1.807) is 11.8 Å². The predicted octanol–water partition coefficient (Wildman–Crippen LogP) is 3.27. The highest BCUT2D eigenvalue weighted by Gasteiger charge is 2.28. The molecule has 0 saturated heterocycles. The molecule has 1 aliphatic carbocycles. The van der Waals surface area contributed by atoms with Crippen LogP contribution in [0.2, 0.25) is 0 Å². The smallest absolute Gasteiger partial charge is 0.354 e. The molecule has 1 aromatic carbocycles. The average molecular weight is 330 g/mol. The van der Waals surface area contributed by atoms with E-state index in [2.05, 4.69) is 5.32 Å². The van der Waals surface area contributed by atoms with E-state index >= 15 is 0 Å². The van der Waals surface area contributed by atoms with Gasteiger partial charge in [0.25, 0.3) is 0 Å². The van der Waals surface area contributed by atoms with Crippen LogP contribution in [0.5, 0.6) is 0 Å². The molecule has 1 N–H and O–H groups in total. The van der Waals surface area contributed by atoms with E-state index in [9.17, 15) is 9.59 Å². The van der Waals surface area contributed by atoms with Gasteiger partial charge >= 0.3 is 5.97 Å². The molecule has 1 aliphatic heterocycles. The number of fused-ring (bicyclic) bond motifs is 3. The fraction of sp³-hybridized carbons (Fsp3) is 0.412. The quantitative estimate of drug-likeness (QED) is 0.874. The molecule has 0 atom stereocenters. The first-order valence-electron chi connectivity index (χ1n) is 7.93. The number of ether oxygens (including phenoxy) is 1. The maximum Gasteiger partial charge on any atom is 0.354 e. The predicted molar refractivity (Wildman–Crippen MR) is 90.0 cm³/mol. The second kappa shape index (κ2) is 5.60. The van der Waals surface area contributed by atoms with Crippen molar-refractivity contribution in [3.05, 3.63) is 23.9 Å². The lowest BCUT2D eigenvalue weighted by molar-refractivity contribution is -0.113. The molecule has 0 unspecified atom stereocenters. The second-order valence-electron chi connectivity index (χ2n) is 6.02. The molecule has 1 aromatic heterocycles. The summed E-state index contributed by atoms with van der Waals surface area (Å²) in [6.45, 7) is 2.97. The molecule has 2 aliphatic rings. The van der Waals surface area contributed by atoms with Gasteiger partial charge in [0.1, 0.15) is 5.69 Å². The molecule has 1 fully saturated rings. The molecule has 0 radical (unpaired) electrons. The fourth-order valence-corrected chi connectivity index (χ4v) is 3.84. The van der Waals surface area contributed by atoms with Crippen molar-refractivity contribution >= 4 is 40.2 Å². The molecule has 0 bridgehead atoms. The van der Waals surface area contributed by atoms with Crippen LogP contribution in [0.1, 0.15) is 30.3 Å². The van der Waals surface area contributed by atoms with Crippen LogP contribution in [0.15, 0.2) is 23.1 Å². The van der Waals surface area contributed by atoms with Crippen molar-refractivity contribution in [2.24, 2.45) is 5.92 Å². The van der Waals surface area contributed by atoms with Crippen molar-refractivity contribution in [2.45, 2.75) is 31.2 Å². The third-order valence-corrected chi connectivity index (χ3v) is 5.33. The maximum atomic E-state index is 12.3. The van der Waals surface area contributed by atoms with E-state index in [4.69, 9.17) is 4.74 Å². The number of nitrogens with one attached hydrogen (secondary N) is 1. The minimum atomic E-state index is -0.298. The van der Waals surface area contributed by atoms with Crippen LogP contribution < -0.4 is 5.32 Å². The van der Waals surface area contributed by atoms with Gasteiger partial charge in [-0.15, -0.1) is 11.8 Å². The van der Waals surface area contributed by atoms with Crippen molar-refractivity contribution in [3.8, 4) is 0 Å². The standard InChI is InChI=1S/C17H18N2O3S/c1-2-22-17(21)12-7-11-5-6-13-15(18-14(20)9-23-13)16(11)19(12)8-10-3-4-10/h5-7,10H,2-4,8-9H2,1H3,(H,18,20). The number of carbonyl (C=O) groups is 2. The van der Waals surface area contributed by atoms with E-state index in [-0.39, 0.29) is 11.9 Å². The SMILES string of the molecule is CCOC(=O)c1cc2ccc3c(c2n1CC1CC1)NC(=O)CS3. The van der Waals surface area contributed by atoms with E-state index in [0.29, 0.717) is 24.0 Å². The molecule has 6 heteroatoms. The molecule has 0 spiro atoms. The number of esters is 1. The van der Waals surface area contributed by atoms with E-state index in [1.165, 1.54) is 12.8 Å². The van der Waals surface area contributed by atoms with Crippen molar-refractivity contribution in [2.75, 3.05) is 17.7 Å². The summed E-state index contributed by atoms with van der Waals surface area (Å²) in [5.74, 6) is 0.758. The Morgan fingerprint density at radius 3 is 3.00 bits per heavy atom. The highest BCUT2D eigenvalue weighted by atomic mass is 32.2. The van der Waals surface area contributed by atoms with Crippen LogP contribution in [-0.2, 0) is 16.1 Å². The number of hydrogen-bond donors (Lipinski definition) is 1. The Kier molecular flexibility index (Phi) is 3.56. The zero-order valence-corrected chi connectivity index (χ0v) is 13.7. The Balaban J connectivity index is 1.91.